The van der Waals surface area contributed by atoms with E-state index in [1.54, 1.807) is 6.92 Å². The highest BCUT2D eigenvalue weighted by Gasteiger charge is 2.23. The summed E-state index contributed by atoms with van der Waals surface area (Å²) in [5, 5.41) is 3.23. The van der Waals surface area contributed by atoms with Gasteiger partial charge in [0.05, 0.1) is 23.7 Å². The van der Waals surface area contributed by atoms with Gasteiger partial charge >= 0.3 is 5.97 Å². The Hall–Kier alpha value is -1.37. The molecular formula is C14H19Cl2N3O3. The Kier molecular flexibility index (Phi) is 8.16. The fourth-order valence-electron chi connectivity index (χ4n) is 1.79. The molecule has 1 saturated heterocycles. The number of rotatable bonds is 3. The zero-order chi connectivity index (χ0) is 16.5. The Balaban J connectivity index is 0.000000745. The number of hydrogen-bond donors (Lipinski definition) is 1. The fourth-order valence-corrected chi connectivity index (χ4v) is 2.05. The molecule has 1 N–H and O–H groups in total. The molecule has 2 rings (SSSR count). The van der Waals surface area contributed by atoms with Crippen molar-refractivity contribution in [3.8, 4) is 0 Å². The van der Waals surface area contributed by atoms with Gasteiger partial charge in [0.1, 0.15) is 0 Å². The molecule has 1 amide bonds. The molecule has 1 fully saturated rings. The van der Waals surface area contributed by atoms with Crippen LogP contribution in [0.3, 0.4) is 0 Å². The van der Waals surface area contributed by atoms with Crippen molar-refractivity contribution in [1.82, 2.24) is 10.3 Å². The van der Waals surface area contributed by atoms with Crippen LogP contribution in [0.15, 0.2) is 12.3 Å². The van der Waals surface area contributed by atoms with Crippen molar-refractivity contribution < 1.29 is 14.3 Å². The van der Waals surface area contributed by atoms with Gasteiger partial charge in [0.15, 0.2) is 5.82 Å². The highest BCUT2D eigenvalue weighted by Crippen LogP contribution is 2.25. The minimum atomic E-state index is -0.477. The first-order chi connectivity index (χ1) is 10.5. The maximum Gasteiger partial charge on any atom is 0.339 e. The summed E-state index contributed by atoms with van der Waals surface area (Å²) in [6, 6.07) is 1.47. The number of aromatic nitrogens is 1. The van der Waals surface area contributed by atoms with E-state index in [0.717, 1.165) is 5.88 Å². The predicted octanol–water partition coefficient (Wildman–Crippen LogP) is 2.09. The molecule has 6 nitrogen and oxygen atoms in total. The summed E-state index contributed by atoms with van der Waals surface area (Å²) in [6.45, 7) is 5.35. The van der Waals surface area contributed by atoms with Crippen LogP contribution in [0, 0.1) is 0 Å². The highest BCUT2D eigenvalue weighted by molar-refractivity contribution is 6.33. The molecule has 8 heteroatoms. The summed E-state index contributed by atoms with van der Waals surface area (Å²) in [5.41, 5.74) is 0.276. The fraction of sp³-hybridized carbons (Fsp3) is 0.500. The minimum absolute atomic E-state index is 0.0930. The number of ether oxygens (including phenoxy) is 1. The van der Waals surface area contributed by atoms with E-state index in [4.69, 9.17) is 27.9 Å². The van der Waals surface area contributed by atoms with E-state index in [9.17, 15) is 9.59 Å². The van der Waals surface area contributed by atoms with Gasteiger partial charge in [-0.2, -0.15) is 0 Å². The number of esters is 1. The lowest BCUT2D eigenvalue weighted by Crippen LogP contribution is -2.48. The SMILES string of the molecule is CCCl.CCOC(=O)c1cnc(N2CCNCC2=O)c(Cl)c1. The van der Waals surface area contributed by atoms with Crippen LogP contribution < -0.4 is 10.2 Å². The third-order valence-electron chi connectivity index (χ3n) is 2.68. The van der Waals surface area contributed by atoms with Crippen molar-refractivity contribution in [2.24, 2.45) is 0 Å². The molecule has 22 heavy (non-hydrogen) atoms. The Morgan fingerprint density at radius 3 is 2.73 bits per heavy atom. The Morgan fingerprint density at radius 1 is 1.50 bits per heavy atom. The molecule has 1 aromatic rings. The molecule has 0 aliphatic carbocycles. The van der Waals surface area contributed by atoms with Gasteiger partial charge in [-0.25, -0.2) is 9.78 Å². The second-order valence-electron chi connectivity index (χ2n) is 4.24. The van der Waals surface area contributed by atoms with Gasteiger partial charge < -0.3 is 10.1 Å². The zero-order valence-electron chi connectivity index (χ0n) is 12.6. The summed E-state index contributed by atoms with van der Waals surface area (Å²) >= 11 is 11.1. The Morgan fingerprint density at radius 2 is 2.18 bits per heavy atom. The first kappa shape index (κ1) is 18.7. The second-order valence-corrected chi connectivity index (χ2v) is 5.18. The van der Waals surface area contributed by atoms with Crippen molar-refractivity contribution >= 4 is 40.9 Å². The summed E-state index contributed by atoms with van der Waals surface area (Å²) in [7, 11) is 0. The molecule has 1 aromatic heterocycles. The Labute approximate surface area is 139 Å². The maximum absolute atomic E-state index is 11.7. The van der Waals surface area contributed by atoms with E-state index in [1.165, 1.54) is 17.2 Å². The zero-order valence-corrected chi connectivity index (χ0v) is 14.1. The molecule has 0 spiro atoms. The number of halogens is 2. The number of pyridine rings is 1. The minimum Gasteiger partial charge on any atom is -0.462 e. The van der Waals surface area contributed by atoms with Crippen LogP contribution in [0.2, 0.25) is 5.02 Å². The quantitative estimate of drug-likeness (QED) is 0.669. The number of piperazine rings is 1. The molecule has 0 unspecified atom stereocenters. The topological polar surface area (TPSA) is 71.5 Å². The van der Waals surface area contributed by atoms with E-state index in [2.05, 4.69) is 10.3 Å². The van der Waals surface area contributed by atoms with E-state index >= 15 is 0 Å². The first-order valence-electron chi connectivity index (χ1n) is 6.94. The third-order valence-corrected chi connectivity index (χ3v) is 2.96. The number of anilines is 1. The van der Waals surface area contributed by atoms with Gasteiger partial charge in [-0.3, -0.25) is 9.69 Å². The van der Waals surface area contributed by atoms with E-state index in [-0.39, 0.29) is 29.6 Å². The van der Waals surface area contributed by atoms with Crippen LogP contribution in [0.5, 0.6) is 0 Å². The molecule has 0 aromatic carbocycles. The van der Waals surface area contributed by atoms with Gasteiger partial charge in [-0.05, 0) is 13.0 Å². The van der Waals surface area contributed by atoms with Crippen molar-refractivity contribution in [3.63, 3.8) is 0 Å². The molecule has 0 bridgehead atoms. The first-order valence-corrected chi connectivity index (χ1v) is 7.86. The molecule has 0 atom stereocenters. The van der Waals surface area contributed by atoms with Gasteiger partial charge in [-0.1, -0.05) is 18.5 Å². The van der Waals surface area contributed by atoms with Gasteiger partial charge in [-0.15, -0.1) is 11.6 Å². The lowest BCUT2D eigenvalue weighted by atomic mass is 10.2. The van der Waals surface area contributed by atoms with Crippen molar-refractivity contribution in [1.29, 1.82) is 0 Å². The average Bonchev–Trinajstić information content (AvgIpc) is 2.49. The molecule has 2 heterocycles. The van der Waals surface area contributed by atoms with E-state index < -0.39 is 5.97 Å². The van der Waals surface area contributed by atoms with Gasteiger partial charge in [0.2, 0.25) is 5.91 Å². The van der Waals surface area contributed by atoms with Gasteiger partial charge in [0, 0.05) is 25.2 Å². The van der Waals surface area contributed by atoms with Crippen LogP contribution >= 0.6 is 23.2 Å². The van der Waals surface area contributed by atoms with Crippen molar-refractivity contribution in [2.75, 3.05) is 37.0 Å². The normalized spacial score (nSPS) is 14.2. The van der Waals surface area contributed by atoms with Crippen LogP contribution in [-0.4, -0.2) is 49.0 Å². The molecule has 1 aliphatic heterocycles. The molecular weight excluding hydrogens is 329 g/mol. The van der Waals surface area contributed by atoms with Crippen LogP contribution in [0.4, 0.5) is 5.82 Å². The number of nitrogens with one attached hydrogen (secondary N) is 1. The highest BCUT2D eigenvalue weighted by atomic mass is 35.5. The van der Waals surface area contributed by atoms with E-state index in [0.29, 0.717) is 18.9 Å². The number of hydrogen-bond acceptors (Lipinski definition) is 5. The second kappa shape index (κ2) is 9.61. The average molecular weight is 348 g/mol. The lowest BCUT2D eigenvalue weighted by molar-refractivity contribution is -0.118. The van der Waals surface area contributed by atoms with E-state index in [1.807, 2.05) is 6.92 Å². The summed E-state index contributed by atoms with van der Waals surface area (Å²) in [4.78, 5) is 28.9. The predicted molar refractivity (Wildman–Crippen MR) is 86.8 cm³/mol. The smallest absolute Gasteiger partial charge is 0.339 e. The van der Waals surface area contributed by atoms with Crippen molar-refractivity contribution in [3.05, 3.63) is 22.8 Å². The van der Waals surface area contributed by atoms with Crippen molar-refractivity contribution in [2.45, 2.75) is 13.8 Å². The summed E-state index contributed by atoms with van der Waals surface area (Å²) in [6.07, 6.45) is 1.37. The maximum atomic E-state index is 11.7. The molecule has 1 aliphatic rings. The Bertz CT molecular complexity index is 526. The molecule has 122 valence electrons. The summed E-state index contributed by atoms with van der Waals surface area (Å²) < 4.78 is 4.86. The van der Waals surface area contributed by atoms with Crippen LogP contribution in [-0.2, 0) is 9.53 Å². The van der Waals surface area contributed by atoms with Crippen LogP contribution in [0.25, 0.3) is 0 Å². The number of nitrogens with zero attached hydrogens (tertiary/aromatic N) is 2. The van der Waals surface area contributed by atoms with Crippen LogP contribution in [0.1, 0.15) is 24.2 Å². The number of carbonyl (C=O) groups excluding carboxylic acids is 2. The number of alkyl halides is 1. The van der Waals surface area contributed by atoms with Gasteiger partial charge in [0.25, 0.3) is 0 Å². The summed E-state index contributed by atoms with van der Waals surface area (Å²) in [5.74, 6) is 0.529. The molecule has 0 radical (unpaired) electrons. The largest absolute Gasteiger partial charge is 0.462 e. The number of amides is 1. The molecule has 0 saturated carbocycles. The number of carbonyl (C=O) groups is 2. The standard InChI is InChI=1S/C12H14ClN3O3.C2H5Cl/c1-2-19-12(18)8-5-9(13)11(15-6-8)16-4-3-14-7-10(16)17;1-2-3/h5-6,14H,2-4,7H2,1H3;2H2,1H3. The lowest BCUT2D eigenvalue weighted by Gasteiger charge is -2.27. The monoisotopic (exact) mass is 347 g/mol. The third kappa shape index (κ3) is 5.12.